The molecule has 0 aromatic rings. The number of amides is 1. The van der Waals surface area contributed by atoms with E-state index in [9.17, 15) is 25.2 Å². The summed E-state index contributed by atoms with van der Waals surface area (Å²) in [5.41, 5.74) is 0. The highest BCUT2D eigenvalue weighted by Gasteiger charge is 2.28. The molecular formula is C64H127NO5. The lowest BCUT2D eigenvalue weighted by molar-refractivity contribution is -0.132. The molecule has 0 spiro atoms. The molecule has 0 aromatic heterocycles. The van der Waals surface area contributed by atoms with Gasteiger partial charge in [-0.1, -0.05) is 334 Å². The summed E-state index contributed by atoms with van der Waals surface area (Å²) in [5, 5.41) is 44.1. The van der Waals surface area contributed by atoms with Gasteiger partial charge in [-0.2, -0.15) is 0 Å². The van der Waals surface area contributed by atoms with Gasteiger partial charge in [-0.05, 0) is 38.5 Å². The van der Waals surface area contributed by atoms with E-state index in [1.54, 1.807) is 0 Å². The molecule has 1 amide bonds. The number of aliphatic hydroxyl groups excluding tert-OH is 4. The van der Waals surface area contributed by atoms with Crippen LogP contribution >= 0.6 is 0 Å². The maximum Gasteiger partial charge on any atom is 0.249 e. The molecular weight excluding hydrogens is 863 g/mol. The molecule has 4 atom stereocenters. The predicted molar refractivity (Wildman–Crippen MR) is 307 cm³/mol. The zero-order valence-electron chi connectivity index (χ0n) is 47.6. The van der Waals surface area contributed by atoms with Gasteiger partial charge in [0.2, 0.25) is 5.91 Å². The molecule has 0 rings (SSSR count). The van der Waals surface area contributed by atoms with E-state index < -0.39 is 36.9 Å². The maximum atomic E-state index is 12.6. The number of carbonyl (C=O) groups is 1. The molecule has 0 heterocycles. The van der Waals surface area contributed by atoms with Crippen molar-refractivity contribution in [1.29, 1.82) is 0 Å². The van der Waals surface area contributed by atoms with Crippen LogP contribution in [0.5, 0.6) is 0 Å². The van der Waals surface area contributed by atoms with Crippen molar-refractivity contribution in [2.24, 2.45) is 0 Å². The van der Waals surface area contributed by atoms with Crippen LogP contribution in [0.2, 0.25) is 0 Å². The topological polar surface area (TPSA) is 110 Å². The molecule has 0 fully saturated rings. The number of hydrogen-bond acceptors (Lipinski definition) is 5. The van der Waals surface area contributed by atoms with Gasteiger partial charge in [-0.25, -0.2) is 0 Å². The Bertz CT molecular complexity index is 1020. The summed E-state index contributed by atoms with van der Waals surface area (Å²) in [5.74, 6) is -0.585. The van der Waals surface area contributed by atoms with Crippen molar-refractivity contribution in [3.05, 3.63) is 12.2 Å². The fraction of sp³-hybridized carbons (Fsp3) is 0.953. The Morgan fingerprint density at radius 2 is 0.586 bits per heavy atom. The zero-order valence-corrected chi connectivity index (χ0v) is 47.6. The van der Waals surface area contributed by atoms with Gasteiger partial charge in [-0.3, -0.25) is 4.79 Å². The molecule has 4 unspecified atom stereocenters. The molecule has 0 aliphatic carbocycles. The number of allylic oxidation sites excluding steroid dienone is 2. The second-order valence-corrected chi connectivity index (χ2v) is 22.5. The second kappa shape index (κ2) is 58.9. The summed E-state index contributed by atoms with van der Waals surface area (Å²) < 4.78 is 0. The van der Waals surface area contributed by atoms with Crippen molar-refractivity contribution in [1.82, 2.24) is 5.32 Å². The van der Waals surface area contributed by atoms with Gasteiger partial charge in [0, 0.05) is 0 Å². The van der Waals surface area contributed by atoms with Gasteiger partial charge >= 0.3 is 0 Å². The van der Waals surface area contributed by atoms with Crippen LogP contribution in [-0.2, 0) is 4.79 Å². The first-order valence-corrected chi connectivity index (χ1v) is 32.1. The van der Waals surface area contributed by atoms with Crippen LogP contribution < -0.4 is 5.32 Å². The van der Waals surface area contributed by atoms with Crippen LogP contribution in [0, 0.1) is 0 Å². The van der Waals surface area contributed by atoms with E-state index in [0.717, 1.165) is 38.5 Å². The molecule has 0 aliphatic heterocycles. The average molecular weight is 991 g/mol. The van der Waals surface area contributed by atoms with Gasteiger partial charge in [-0.15, -0.1) is 0 Å². The molecule has 70 heavy (non-hydrogen) atoms. The standard InChI is InChI=1S/C64H127NO5/c1-3-5-7-9-11-13-15-17-19-21-23-25-27-29-31-32-34-35-37-39-41-43-45-47-49-51-53-55-57-61(67)63(69)60(59-66)65-64(70)62(68)58-56-54-52-50-48-46-44-42-40-38-36-33-30-28-26-24-22-20-18-16-14-12-10-8-6-4-2/h49,51,60-63,66-69H,3-48,50,52-59H2,1-2H3,(H,65,70)/b51-49+. The van der Waals surface area contributed by atoms with Crippen molar-refractivity contribution in [3.63, 3.8) is 0 Å². The number of unbranched alkanes of at least 4 members (excludes halogenated alkanes) is 49. The van der Waals surface area contributed by atoms with Gasteiger partial charge in [0.15, 0.2) is 0 Å². The number of aliphatic hydroxyl groups is 4. The Kier molecular flexibility index (Phi) is 58.1. The smallest absolute Gasteiger partial charge is 0.249 e. The second-order valence-electron chi connectivity index (χ2n) is 22.5. The number of hydrogen-bond donors (Lipinski definition) is 5. The fourth-order valence-electron chi connectivity index (χ4n) is 10.5. The van der Waals surface area contributed by atoms with E-state index in [4.69, 9.17) is 0 Å². The van der Waals surface area contributed by atoms with E-state index in [1.807, 2.05) is 0 Å². The van der Waals surface area contributed by atoms with Gasteiger partial charge < -0.3 is 25.7 Å². The molecule has 418 valence electrons. The number of nitrogens with one attached hydrogen (secondary N) is 1. The summed E-state index contributed by atoms with van der Waals surface area (Å²) in [6.45, 7) is 4.10. The lowest BCUT2D eigenvalue weighted by Crippen LogP contribution is -2.53. The highest BCUT2D eigenvalue weighted by Crippen LogP contribution is 2.19. The van der Waals surface area contributed by atoms with E-state index in [0.29, 0.717) is 12.8 Å². The third kappa shape index (κ3) is 51.9. The fourth-order valence-corrected chi connectivity index (χ4v) is 10.5. The summed E-state index contributed by atoms with van der Waals surface area (Å²) >= 11 is 0. The van der Waals surface area contributed by atoms with Gasteiger partial charge in [0.25, 0.3) is 0 Å². The minimum Gasteiger partial charge on any atom is -0.394 e. The molecule has 0 saturated carbocycles. The Hall–Kier alpha value is -0.950. The van der Waals surface area contributed by atoms with Crippen LogP contribution in [0.1, 0.15) is 361 Å². The minimum absolute atomic E-state index is 0.369. The number of rotatable bonds is 60. The molecule has 5 N–H and O–H groups in total. The van der Waals surface area contributed by atoms with Crippen LogP contribution in [0.3, 0.4) is 0 Å². The summed E-state index contributed by atoms with van der Waals surface area (Å²) in [6, 6.07) is -1.000. The van der Waals surface area contributed by atoms with Crippen molar-refractivity contribution < 1.29 is 25.2 Å². The molecule has 6 heteroatoms. The quantitative estimate of drug-likeness (QED) is 0.0308. The molecule has 6 nitrogen and oxygen atoms in total. The third-order valence-corrected chi connectivity index (χ3v) is 15.5. The normalized spacial score (nSPS) is 13.6. The first kappa shape index (κ1) is 69.0. The van der Waals surface area contributed by atoms with E-state index in [-0.39, 0.29) is 0 Å². The molecule has 0 aliphatic rings. The van der Waals surface area contributed by atoms with E-state index >= 15 is 0 Å². The van der Waals surface area contributed by atoms with E-state index in [2.05, 4.69) is 31.3 Å². The van der Waals surface area contributed by atoms with Crippen LogP contribution in [0.15, 0.2) is 12.2 Å². The zero-order chi connectivity index (χ0) is 50.9. The molecule has 0 aromatic carbocycles. The molecule has 0 saturated heterocycles. The molecule has 0 bridgehead atoms. The Balaban J connectivity index is 3.58. The molecule has 0 radical (unpaired) electrons. The largest absolute Gasteiger partial charge is 0.394 e. The lowest BCUT2D eigenvalue weighted by Gasteiger charge is -2.27. The average Bonchev–Trinajstić information content (AvgIpc) is 3.36. The predicted octanol–water partition coefficient (Wildman–Crippen LogP) is 19.2. The summed E-state index contributed by atoms with van der Waals surface area (Å²) in [4.78, 5) is 12.6. The Morgan fingerprint density at radius 1 is 0.343 bits per heavy atom. The first-order chi connectivity index (χ1) is 34.5. The van der Waals surface area contributed by atoms with Gasteiger partial charge in [0.1, 0.15) is 12.2 Å². The van der Waals surface area contributed by atoms with Crippen LogP contribution in [0.4, 0.5) is 0 Å². The highest BCUT2D eigenvalue weighted by molar-refractivity contribution is 5.80. The SMILES string of the molecule is CCCCCCCCCCCCCCCCCCCCCCCCC/C=C/CCCC(O)C(O)C(CO)NC(=O)C(O)CCCCCCCCCCCCCCCCCCCCCCCCCCCC. The number of carbonyl (C=O) groups excluding carboxylic acids is 1. The first-order valence-electron chi connectivity index (χ1n) is 32.1. The van der Waals surface area contributed by atoms with Crippen LogP contribution in [-0.4, -0.2) is 57.3 Å². The summed E-state index contributed by atoms with van der Waals surface area (Å²) in [6.07, 6.45) is 71.7. The Labute approximate surface area is 438 Å². The van der Waals surface area contributed by atoms with Crippen molar-refractivity contribution in [2.75, 3.05) is 6.61 Å². The third-order valence-electron chi connectivity index (χ3n) is 15.5. The highest BCUT2D eigenvalue weighted by atomic mass is 16.3. The maximum absolute atomic E-state index is 12.6. The van der Waals surface area contributed by atoms with Crippen LogP contribution in [0.25, 0.3) is 0 Å². The summed E-state index contributed by atoms with van der Waals surface area (Å²) in [7, 11) is 0. The monoisotopic (exact) mass is 990 g/mol. The van der Waals surface area contributed by atoms with Crippen molar-refractivity contribution in [2.45, 2.75) is 385 Å². The minimum atomic E-state index is -1.28. The van der Waals surface area contributed by atoms with Gasteiger partial charge in [0.05, 0.1) is 18.8 Å². The lowest BCUT2D eigenvalue weighted by atomic mass is 10.00. The van der Waals surface area contributed by atoms with Crippen molar-refractivity contribution >= 4 is 5.91 Å². The van der Waals surface area contributed by atoms with E-state index in [1.165, 1.54) is 295 Å². The van der Waals surface area contributed by atoms with Crippen molar-refractivity contribution in [3.8, 4) is 0 Å². The Morgan fingerprint density at radius 3 is 0.857 bits per heavy atom.